The van der Waals surface area contributed by atoms with Crippen LogP contribution in [0, 0.1) is 0 Å². The molecule has 1 aromatic heterocycles. The van der Waals surface area contributed by atoms with Crippen molar-refractivity contribution in [3.63, 3.8) is 0 Å². The summed E-state index contributed by atoms with van der Waals surface area (Å²) in [5, 5.41) is 0. The van der Waals surface area contributed by atoms with Crippen molar-refractivity contribution in [3.8, 4) is 0 Å². The van der Waals surface area contributed by atoms with Crippen molar-refractivity contribution in [1.82, 2.24) is 14.8 Å². The number of rotatable bonds is 3. The maximum atomic E-state index is 12.1. The van der Waals surface area contributed by atoms with Gasteiger partial charge in [0.05, 0.1) is 0 Å². The quantitative estimate of drug-likeness (QED) is 0.806. The van der Waals surface area contributed by atoms with Crippen LogP contribution in [-0.2, 0) is 0 Å². The fraction of sp³-hybridized carbons (Fsp3) is 0.500. The minimum Gasteiger partial charge on any atom is -0.336 e. The average molecular weight is 251 g/mol. The van der Waals surface area contributed by atoms with Gasteiger partial charge in [-0.05, 0) is 12.1 Å². The fourth-order valence-electron chi connectivity index (χ4n) is 1.99. The Morgan fingerprint density at radius 1 is 1.24 bits per heavy atom. The lowest BCUT2D eigenvalue weighted by molar-refractivity contribution is 0.0644. The summed E-state index contributed by atoms with van der Waals surface area (Å²) in [5.74, 6) is 0.983. The fourth-order valence-corrected chi connectivity index (χ4v) is 2.28. The molecule has 1 saturated heterocycles. The molecule has 0 spiro atoms. The first-order chi connectivity index (χ1) is 8.31. The summed E-state index contributed by atoms with van der Waals surface area (Å²) < 4.78 is 0. The van der Waals surface area contributed by atoms with Crippen LogP contribution >= 0.6 is 12.6 Å². The van der Waals surface area contributed by atoms with Crippen LogP contribution in [0.3, 0.4) is 0 Å². The Kier molecular flexibility index (Phi) is 4.39. The molecule has 0 bridgehead atoms. The molecule has 0 unspecified atom stereocenters. The molecule has 1 fully saturated rings. The lowest BCUT2D eigenvalue weighted by Gasteiger charge is -2.34. The van der Waals surface area contributed by atoms with Gasteiger partial charge in [-0.15, -0.1) is 0 Å². The van der Waals surface area contributed by atoms with Crippen LogP contribution in [-0.4, -0.2) is 59.2 Å². The van der Waals surface area contributed by atoms with Crippen LogP contribution in [0.1, 0.15) is 10.4 Å². The Balaban J connectivity index is 1.91. The van der Waals surface area contributed by atoms with Gasteiger partial charge in [-0.3, -0.25) is 14.7 Å². The summed E-state index contributed by atoms with van der Waals surface area (Å²) in [6, 6.07) is 3.53. The highest BCUT2D eigenvalue weighted by molar-refractivity contribution is 7.80. The number of hydrogen-bond acceptors (Lipinski definition) is 4. The van der Waals surface area contributed by atoms with Crippen molar-refractivity contribution in [3.05, 3.63) is 30.1 Å². The standard InChI is InChI=1S/C12H17N3OS/c16-12(11-1-3-13-4-2-11)15-7-5-14(6-8-15)9-10-17/h1-4,17H,5-10H2. The van der Waals surface area contributed by atoms with Crippen LogP contribution < -0.4 is 0 Å². The molecule has 0 N–H and O–H groups in total. The van der Waals surface area contributed by atoms with Crippen molar-refractivity contribution < 1.29 is 4.79 Å². The molecule has 0 radical (unpaired) electrons. The van der Waals surface area contributed by atoms with E-state index in [1.165, 1.54) is 0 Å². The molecule has 5 heteroatoms. The van der Waals surface area contributed by atoms with E-state index < -0.39 is 0 Å². The first-order valence-electron chi connectivity index (χ1n) is 5.84. The van der Waals surface area contributed by atoms with Crippen LogP contribution in [0.15, 0.2) is 24.5 Å². The zero-order chi connectivity index (χ0) is 12.1. The summed E-state index contributed by atoms with van der Waals surface area (Å²) in [6.45, 7) is 4.49. The van der Waals surface area contributed by atoms with E-state index >= 15 is 0 Å². The lowest BCUT2D eigenvalue weighted by Crippen LogP contribution is -2.49. The molecule has 1 aromatic rings. The zero-order valence-corrected chi connectivity index (χ0v) is 10.6. The third-order valence-corrected chi connectivity index (χ3v) is 3.20. The Hall–Kier alpha value is -1.07. The van der Waals surface area contributed by atoms with Crippen LogP contribution in [0.25, 0.3) is 0 Å². The highest BCUT2D eigenvalue weighted by Crippen LogP contribution is 2.07. The first-order valence-corrected chi connectivity index (χ1v) is 6.47. The second-order valence-corrected chi connectivity index (χ2v) is 4.54. The van der Waals surface area contributed by atoms with Gasteiger partial charge < -0.3 is 4.90 Å². The van der Waals surface area contributed by atoms with Crippen LogP contribution in [0.5, 0.6) is 0 Å². The van der Waals surface area contributed by atoms with Crippen molar-refractivity contribution in [2.45, 2.75) is 0 Å². The zero-order valence-electron chi connectivity index (χ0n) is 9.75. The SMILES string of the molecule is O=C(c1ccncc1)N1CCN(CCS)CC1. The number of pyridine rings is 1. The maximum absolute atomic E-state index is 12.1. The molecule has 1 aliphatic heterocycles. The Morgan fingerprint density at radius 2 is 1.88 bits per heavy atom. The molecule has 0 aromatic carbocycles. The molecule has 0 saturated carbocycles. The smallest absolute Gasteiger partial charge is 0.254 e. The number of amides is 1. The van der Waals surface area contributed by atoms with Crippen molar-refractivity contribution in [2.24, 2.45) is 0 Å². The van der Waals surface area contributed by atoms with Gasteiger partial charge in [0.15, 0.2) is 0 Å². The highest BCUT2D eigenvalue weighted by atomic mass is 32.1. The minimum absolute atomic E-state index is 0.109. The second-order valence-electron chi connectivity index (χ2n) is 4.09. The predicted molar refractivity (Wildman–Crippen MR) is 70.4 cm³/mol. The van der Waals surface area contributed by atoms with E-state index in [-0.39, 0.29) is 5.91 Å². The van der Waals surface area contributed by atoms with E-state index in [1.807, 2.05) is 4.90 Å². The van der Waals surface area contributed by atoms with Crippen molar-refractivity contribution in [1.29, 1.82) is 0 Å². The van der Waals surface area contributed by atoms with Gasteiger partial charge >= 0.3 is 0 Å². The summed E-state index contributed by atoms with van der Waals surface area (Å²) in [7, 11) is 0. The van der Waals surface area contributed by atoms with Gasteiger partial charge in [-0.2, -0.15) is 12.6 Å². The molecular formula is C12H17N3OS. The van der Waals surface area contributed by atoms with Crippen LogP contribution in [0.2, 0.25) is 0 Å². The second kappa shape index (κ2) is 6.02. The summed E-state index contributed by atoms with van der Waals surface area (Å²) in [4.78, 5) is 20.3. The highest BCUT2D eigenvalue weighted by Gasteiger charge is 2.21. The molecular weight excluding hydrogens is 234 g/mol. The molecule has 1 aliphatic rings. The number of piperazine rings is 1. The molecule has 4 nitrogen and oxygen atoms in total. The lowest BCUT2D eigenvalue weighted by atomic mass is 10.2. The van der Waals surface area contributed by atoms with E-state index in [9.17, 15) is 4.79 Å². The average Bonchev–Trinajstić information content (AvgIpc) is 2.40. The summed E-state index contributed by atoms with van der Waals surface area (Å²) in [5.41, 5.74) is 0.725. The maximum Gasteiger partial charge on any atom is 0.254 e. The number of aromatic nitrogens is 1. The number of nitrogens with zero attached hydrogens (tertiary/aromatic N) is 3. The van der Waals surface area contributed by atoms with E-state index in [2.05, 4.69) is 22.5 Å². The molecule has 0 aliphatic carbocycles. The molecule has 2 rings (SSSR count). The third-order valence-electron chi connectivity index (χ3n) is 3.00. The minimum atomic E-state index is 0.109. The van der Waals surface area contributed by atoms with Crippen LogP contribution in [0.4, 0.5) is 0 Å². The van der Waals surface area contributed by atoms with Crippen molar-refractivity contribution in [2.75, 3.05) is 38.5 Å². The normalized spacial score (nSPS) is 17.1. The van der Waals surface area contributed by atoms with Gasteiger partial charge in [0.1, 0.15) is 0 Å². The number of carbonyl (C=O) groups excluding carboxylic acids is 1. The van der Waals surface area contributed by atoms with Crippen molar-refractivity contribution >= 4 is 18.5 Å². The topological polar surface area (TPSA) is 36.4 Å². The van der Waals surface area contributed by atoms with E-state index in [4.69, 9.17) is 0 Å². The molecule has 92 valence electrons. The van der Waals surface area contributed by atoms with E-state index in [1.54, 1.807) is 24.5 Å². The predicted octanol–water partition coefficient (Wildman–Crippen LogP) is 0.769. The Bertz CT molecular complexity index is 363. The molecule has 1 amide bonds. The monoisotopic (exact) mass is 251 g/mol. The molecule has 0 atom stereocenters. The van der Waals surface area contributed by atoms with Gasteiger partial charge in [0.25, 0.3) is 5.91 Å². The van der Waals surface area contributed by atoms with E-state index in [0.29, 0.717) is 0 Å². The van der Waals surface area contributed by atoms with Gasteiger partial charge in [-0.1, -0.05) is 0 Å². The number of hydrogen-bond donors (Lipinski definition) is 1. The van der Waals surface area contributed by atoms with E-state index in [0.717, 1.165) is 44.0 Å². The largest absolute Gasteiger partial charge is 0.336 e. The summed E-state index contributed by atoms with van der Waals surface area (Å²) >= 11 is 4.22. The molecule has 2 heterocycles. The first kappa shape index (κ1) is 12.4. The Labute approximate surface area is 107 Å². The molecule has 17 heavy (non-hydrogen) atoms. The number of carbonyl (C=O) groups is 1. The third kappa shape index (κ3) is 3.20. The van der Waals surface area contributed by atoms with Gasteiger partial charge in [0, 0.05) is 56.4 Å². The van der Waals surface area contributed by atoms with Gasteiger partial charge in [-0.25, -0.2) is 0 Å². The summed E-state index contributed by atoms with van der Waals surface area (Å²) in [6.07, 6.45) is 3.31. The Morgan fingerprint density at radius 3 is 2.47 bits per heavy atom. The number of thiol groups is 1. The van der Waals surface area contributed by atoms with Gasteiger partial charge in [0.2, 0.25) is 0 Å².